The third-order valence-electron chi connectivity index (χ3n) is 4.56. The Hall–Kier alpha value is -0.160. The number of nitrogens with one attached hydrogen (secondary N) is 1. The maximum Gasteiger partial charge on any atom is 0.0852 e. The molecular weight excluding hydrogens is 250 g/mol. The van der Waals surface area contributed by atoms with Crippen molar-refractivity contribution < 1.29 is 4.74 Å². The van der Waals surface area contributed by atoms with Gasteiger partial charge in [-0.3, -0.25) is 0 Å². The molecule has 2 rings (SSSR count). The van der Waals surface area contributed by atoms with Crippen LogP contribution in [0.5, 0.6) is 0 Å². The molecule has 0 aromatic carbocycles. The van der Waals surface area contributed by atoms with Crippen molar-refractivity contribution >= 4 is 0 Å². The molecule has 4 nitrogen and oxygen atoms in total. The van der Waals surface area contributed by atoms with Crippen LogP contribution in [0.1, 0.15) is 33.6 Å². The quantitative estimate of drug-likeness (QED) is 0.826. The summed E-state index contributed by atoms with van der Waals surface area (Å²) in [6, 6.07) is 1.13. The van der Waals surface area contributed by atoms with Crippen LogP contribution in [-0.2, 0) is 4.74 Å². The Morgan fingerprint density at radius 2 is 1.85 bits per heavy atom. The number of rotatable bonds is 5. The average molecular weight is 283 g/mol. The molecule has 0 aromatic heterocycles. The summed E-state index contributed by atoms with van der Waals surface area (Å²) in [7, 11) is 2.19. The zero-order valence-electron chi connectivity index (χ0n) is 13.8. The number of nitrogens with zero attached hydrogens (tertiary/aromatic N) is 2. The number of hydrogen-bond acceptors (Lipinski definition) is 4. The van der Waals surface area contributed by atoms with Crippen LogP contribution in [0, 0.1) is 5.92 Å². The van der Waals surface area contributed by atoms with Crippen molar-refractivity contribution in [3.05, 3.63) is 0 Å². The van der Waals surface area contributed by atoms with Crippen LogP contribution in [0.2, 0.25) is 0 Å². The topological polar surface area (TPSA) is 27.7 Å². The van der Waals surface area contributed by atoms with Gasteiger partial charge in [0.15, 0.2) is 0 Å². The lowest BCUT2D eigenvalue weighted by Crippen LogP contribution is -2.54. The molecule has 20 heavy (non-hydrogen) atoms. The Kier molecular flexibility index (Phi) is 6.27. The molecule has 0 unspecified atom stereocenters. The van der Waals surface area contributed by atoms with Gasteiger partial charge in [-0.2, -0.15) is 0 Å². The van der Waals surface area contributed by atoms with Crippen molar-refractivity contribution in [3.63, 3.8) is 0 Å². The number of morpholine rings is 1. The first kappa shape index (κ1) is 16.2. The fourth-order valence-electron chi connectivity index (χ4n) is 3.39. The van der Waals surface area contributed by atoms with Crippen molar-refractivity contribution in [2.75, 3.05) is 46.4 Å². The average Bonchev–Trinajstić information content (AvgIpc) is 2.40. The van der Waals surface area contributed by atoms with Crippen LogP contribution in [0.15, 0.2) is 0 Å². The summed E-state index contributed by atoms with van der Waals surface area (Å²) in [4.78, 5) is 4.98. The number of ether oxygens (including phenoxy) is 1. The molecule has 2 aliphatic heterocycles. The zero-order valence-corrected chi connectivity index (χ0v) is 13.8. The van der Waals surface area contributed by atoms with Crippen molar-refractivity contribution in [1.82, 2.24) is 15.1 Å². The first-order chi connectivity index (χ1) is 9.54. The van der Waals surface area contributed by atoms with E-state index in [9.17, 15) is 0 Å². The second kappa shape index (κ2) is 7.74. The molecule has 0 aliphatic carbocycles. The van der Waals surface area contributed by atoms with Crippen molar-refractivity contribution in [2.45, 2.75) is 51.8 Å². The molecule has 0 amide bonds. The standard InChI is InChI=1S/C16H33N3O/c1-13(2)11-19-7-5-15(6-8-19)17-14(3)16-12-18(4)9-10-20-16/h13-17H,5-12H2,1-4H3/t14-,16-/m1/s1. The highest BCUT2D eigenvalue weighted by Crippen LogP contribution is 2.15. The van der Waals surface area contributed by atoms with Crippen LogP contribution >= 0.6 is 0 Å². The van der Waals surface area contributed by atoms with E-state index >= 15 is 0 Å². The molecule has 2 fully saturated rings. The molecule has 2 atom stereocenters. The Labute approximate surface area is 124 Å². The maximum absolute atomic E-state index is 5.91. The van der Waals surface area contributed by atoms with Gasteiger partial charge in [0, 0.05) is 31.7 Å². The molecule has 0 bridgehead atoms. The van der Waals surface area contributed by atoms with Gasteiger partial charge in [0.05, 0.1) is 12.7 Å². The van der Waals surface area contributed by atoms with Gasteiger partial charge >= 0.3 is 0 Å². The number of piperidine rings is 1. The number of hydrogen-bond donors (Lipinski definition) is 1. The summed E-state index contributed by atoms with van der Waals surface area (Å²) in [5.74, 6) is 0.782. The summed E-state index contributed by atoms with van der Waals surface area (Å²) < 4.78 is 5.91. The lowest BCUT2D eigenvalue weighted by Gasteiger charge is -2.38. The van der Waals surface area contributed by atoms with E-state index < -0.39 is 0 Å². The zero-order chi connectivity index (χ0) is 14.5. The Balaban J connectivity index is 1.69. The van der Waals surface area contributed by atoms with Crippen LogP contribution in [-0.4, -0.2) is 74.4 Å². The third kappa shape index (κ3) is 4.99. The summed E-state index contributed by atoms with van der Waals surface area (Å²) in [6.45, 7) is 13.6. The SMILES string of the molecule is CC(C)CN1CCC(N[C@H](C)[C@H]2CN(C)CCO2)CC1. The summed E-state index contributed by atoms with van der Waals surface area (Å²) >= 11 is 0. The van der Waals surface area contributed by atoms with E-state index in [-0.39, 0.29) is 0 Å². The first-order valence-corrected chi connectivity index (χ1v) is 8.33. The molecule has 2 saturated heterocycles. The molecule has 0 spiro atoms. The van der Waals surface area contributed by atoms with Crippen molar-refractivity contribution in [1.29, 1.82) is 0 Å². The van der Waals surface area contributed by atoms with E-state index in [0.717, 1.165) is 25.6 Å². The predicted molar refractivity (Wildman–Crippen MR) is 84.1 cm³/mol. The van der Waals surface area contributed by atoms with E-state index in [2.05, 4.69) is 42.9 Å². The number of likely N-dealkylation sites (N-methyl/N-ethyl adjacent to an activating group) is 1. The van der Waals surface area contributed by atoms with Gasteiger partial charge in [0.2, 0.25) is 0 Å². The molecular formula is C16H33N3O. The minimum absolute atomic E-state index is 0.349. The highest BCUT2D eigenvalue weighted by Gasteiger charge is 2.27. The fraction of sp³-hybridized carbons (Fsp3) is 1.00. The highest BCUT2D eigenvalue weighted by molar-refractivity contribution is 4.85. The van der Waals surface area contributed by atoms with Crippen LogP contribution in [0.25, 0.3) is 0 Å². The molecule has 0 radical (unpaired) electrons. The van der Waals surface area contributed by atoms with E-state index in [1.165, 1.54) is 32.5 Å². The Morgan fingerprint density at radius 1 is 1.15 bits per heavy atom. The van der Waals surface area contributed by atoms with Crippen molar-refractivity contribution in [3.8, 4) is 0 Å². The van der Waals surface area contributed by atoms with Gasteiger partial charge in [0.1, 0.15) is 0 Å². The lowest BCUT2D eigenvalue weighted by atomic mass is 10.0. The van der Waals surface area contributed by atoms with Gasteiger partial charge in [-0.25, -0.2) is 0 Å². The smallest absolute Gasteiger partial charge is 0.0852 e. The second-order valence-electron chi connectivity index (χ2n) is 7.10. The van der Waals surface area contributed by atoms with Gasteiger partial charge in [-0.05, 0) is 45.8 Å². The number of likely N-dealkylation sites (tertiary alicyclic amines) is 1. The van der Waals surface area contributed by atoms with Gasteiger partial charge in [-0.1, -0.05) is 13.8 Å². The van der Waals surface area contributed by atoms with E-state index in [1.54, 1.807) is 0 Å². The van der Waals surface area contributed by atoms with Gasteiger partial charge in [0.25, 0.3) is 0 Å². The Bertz CT molecular complexity index is 277. The van der Waals surface area contributed by atoms with Gasteiger partial charge < -0.3 is 19.9 Å². The van der Waals surface area contributed by atoms with Crippen LogP contribution < -0.4 is 5.32 Å². The first-order valence-electron chi connectivity index (χ1n) is 8.33. The van der Waals surface area contributed by atoms with E-state index in [4.69, 9.17) is 4.74 Å². The molecule has 1 N–H and O–H groups in total. The fourth-order valence-corrected chi connectivity index (χ4v) is 3.39. The summed E-state index contributed by atoms with van der Waals surface area (Å²) in [6.07, 6.45) is 2.90. The maximum atomic E-state index is 5.91. The second-order valence-corrected chi connectivity index (χ2v) is 7.10. The normalized spacial score (nSPS) is 28.9. The highest BCUT2D eigenvalue weighted by atomic mass is 16.5. The molecule has 4 heteroatoms. The lowest BCUT2D eigenvalue weighted by molar-refractivity contribution is -0.0383. The molecule has 2 heterocycles. The minimum atomic E-state index is 0.349. The van der Waals surface area contributed by atoms with Crippen LogP contribution in [0.4, 0.5) is 0 Å². The van der Waals surface area contributed by atoms with E-state index in [1.807, 2.05) is 0 Å². The molecule has 0 saturated carbocycles. The predicted octanol–water partition coefficient (Wildman–Crippen LogP) is 1.42. The Morgan fingerprint density at radius 3 is 2.45 bits per heavy atom. The molecule has 2 aliphatic rings. The van der Waals surface area contributed by atoms with Gasteiger partial charge in [-0.15, -0.1) is 0 Å². The summed E-state index contributed by atoms with van der Waals surface area (Å²) in [5, 5.41) is 3.80. The largest absolute Gasteiger partial charge is 0.374 e. The molecule has 0 aromatic rings. The summed E-state index contributed by atoms with van der Waals surface area (Å²) in [5.41, 5.74) is 0. The van der Waals surface area contributed by atoms with E-state index in [0.29, 0.717) is 18.2 Å². The third-order valence-corrected chi connectivity index (χ3v) is 4.56. The van der Waals surface area contributed by atoms with Crippen LogP contribution in [0.3, 0.4) is 0 Å². The van der Waals surface area contributed by atoms with Crippen molar-refractivity contribution in [2.24, 2.45) is 5.92 Å². The minimum Gasteiger partial charge on any atom is -0.374 e. The monoisotopic (exact) mass is 283 g/mol. The molecule has 118 valence electrons.